The van der Waals surface area contributed by atoms with E-state index in [1.807, 2.05) is 12.1 Å². The van der Waals surface area contributed by atoms with Crippen LogP contribution in [0.1, 0.15) is 55.6 Å². The highest BCUT2D eigenvalue weighted by Crippen LogP contribution is 2.32. The first kappa shape index (κ1) is 18.3. The third-order valence-electron chi connectivity index (χ3n) is 4.19. The summed E-state index contributed by atoms with van der Waals surface area (Å²) in [6.45, 7) is -0.466. The summed E-state index contributed by atoms with van der Waals surface area (Å²) in [6.07, 6.45) is 6.95. The minimum absolute atomic E-state index is 0.220. The molecule has 2 rings (SSSR count). The number of rotatable bonds is 6. The molecule has 1 aliphatic carbocycles. The van der Waals surface area contributed by atoms with E-state index in [9.17, 15) is 21.6 Å². The summed E-state index contributed by atoms with van der Waals surface area (Å²) in [5, 5.41) is 0. The predicted octanol–water partition coefficient (Wildman–Crippen LogP) is 4.53. The van der Waals surface area contributed by atoms with Crippen LogP contribution in [0.2, 0.25) is 0 Å². The Balaban J connectivity index is 1.78. The molecule has 0 heterocycles. The van der Waals surface area contributed by atoms with Gasteiger partial charge in [-0.2, -0.15) is 21.6 Å². The Morgan fingerprint density at radius 3 is 2.22 bits per heavy atom. The second-order valence-corrected chi connectivity index (χ2v) is 7.51. The number of alkyl halides is 3. The average molecular weight is 350 g/mol. The zero-order valence-electron chi connectivity index (χ0n) is 12.8. The van der Waals surface area contributed by atoms with Crippen molar-refractivity contribution in [3.05, 3.63) is 35.4 Å². The van der Waals surface area contributed by atoms with Crippen LogP contribution in [-0.4, -0.2) is 20.5 Å². The van der Waals surface area contributed by atoms with Crippen LogP contribution < -0.4 is 0 Å². The molecule has 1 aliphatic rings. The molecule has 1 saturated carbocycles. The highest BCUT2D eigenvalue weighted by Gasteiger charge is 2.47. The zero-order chi connectivity index (χ0) is 16.9. The van der Waals surface area contributed by atoms with E-state index in [2.05, 4.69) is 16.3 Å². The van der Waals surface area contributed by atoms with Gasteiger partial charge in [-0.25, -0.2) is 0 Å². The fourth-order valence-electron chi connectivity index (χ4n) is 2.90. The van der Waals surface area contributed by atoms with Gasteiger partial charge in [0.05, 0.1) is 6.61 Å². The van der Waals surface area contributed by atoms with Gasteiger partial charge in [0, 0.05) is 0 Å². The van der Waals surface area contributed by atoms with Crippen molar-refractivity contribution in [1.29, 1.82) is 0 Å². The smallest absolute Gasteiger partial charge is 0.263 e. The number of hydrogen-bond donors (Lipinski definition) is 0. The van der Waals surface area contributed by atoms with E-state index < -0.39 is 22.2 Å². The van der Waals surface area contributed by atoms with Crippen molar-refractivity contribution in [2.24, 2.45) is 0 Å². The van der Waals surface area contributed by atoms with E-state index >= 15 is 0 Å². The summed E-state index contributed by atoms with van der Waals surface area (Å²) in [5.74, 6) is 0.609. The molecular weight excluding hydrogens is 329 g/mol. The SMILES string of the molecule is O=S(=O)(OCCCc1ccc(C2CCCCC2)cc1)C(F)(F)F. The van der Waals surface area contributed by atoms with Gasteiger partial charge in [0.2, 0.25) is 0 Å². The quantitative estimate of drug-likeness (QED) is 0.430. The van der Waals surface area contributed by atoms with Gasteiger partial charge in [0.1, 0.15) is 0 Å². The summed E-state index contributed by atoms with van der Waals surface area (Å²) in [4.78, 5) is 0. The molecule has 0 spiro atoms. The van der Waals surface area contributed by atoms with Crippen LogP contribution >= 0.6 is 0 Å². The van der Waals surface area contributed by atoms with Crippen molar-refractivity contribution in [2.75, 3.05) is 6.61 Å². The molecule has 1 fully saturated rings. The molecule has 130 valence electrons. The molecule has 0 saturated heterocycles. The Labute approximate surface area is 135 Å². The first-order valence-electron chi connectivity index (χ1n) is 7.84. The highest BCUT2D eigenvalue weighted by atomic mass is 32.2. The van der Waals surface area contributed by atoms with E-state index in [4.69, 9.17) is 0 Å². The van der Waals surface area contributed by atoms with Gasteiger partial charge in [-0.05, 0) is 42.7 Å². The fraction of sp³-hybridized carbons (Fsp3) is 0.625. The van der Waals surface area contributed by atoms with Gasteiger partial charge in [-0.15, -0.1) is 0 Å². The molecule has 0 aromatic heterocycles. The van der Waals surface area contributed by atoms with Crippen molar-refractivity contribution >= 4 is 10.1 Å². The van der Waals surface area contributed by atoms with Crippen LogP contribution in [0, 0.1) is 0 Å². The molecule has 0 unspecified atom stereocenters. The molecule has 0 N–H and O–H groups in total. The van der Waals surface area contributed by atoms with Gasteiger partial charge in [0.25, 0.3) is 0 Å². The van der Waals surface area contributed by atoms with E-state index in [1.54, 1.807) is 0 Å². The van der Waals surface area contributed by atoms with Crippen molar-refractivity contribution in [3.63, 3.8) is 0 Å². The molecular formula is C16H21F3O3S. The van der Waals surface area contributed by atoms with Crippen molar-refractivity contribution < 1.29 is 25.8 Å². The monoisotopic (exact) mass is 350 g/mol. The molecule has 23 heavy (non-hydrogen) atoms. The molecule has 1 aromatic rings. The van der Waals surface area contributed by atoms with Crippen LogP contribution in [0.4, 0.5) is 13.2 Å². The van der Waals surface area contributed by atoms with Gasteiger partial charge in [-0.1, -0.05) is 43.5 Å². The number of aryl methyl sites for hydroxylation is 1. The number of benzene rings is 1. The molecule has 0 bridgehead atoms. The summed E-state index contributed by atoms with van der Waals surface area (Å²) >= 11 is 0. The van der Waals surface area contributed by atoms with Crippen molar-refractivity contribution in [2.45, 2.75) is 56.4 Å². The van der Waals surface area contributed by atoms with Gasteiger partial charge < -0.3 is 0 Å². The molecule has 7 heteroatoms. The lowest BCUT2D eigenvalue weighted by molar-refractivity contribution is -0.0542. The van der Waals surface area contributed by atoms with E-state index in [0.717, 1.165) is 5.56 Å². The molecule has 0 amide bonds. The zero-order valence-corrected chi connectivity index (χ0v) is 13.6. The Bertz CT molecular complexity index is 588. The third-order valence-corrected chi connectivity index (χ3v) is 5.23. The van der Waals surface area contributed by atoms with Crippen LogP contribution in [0.25, 0.3) is 0 Å². The maximum absolute atomic E-state index is 12.1. The minimum Gasteiger partial charge on any atom is -0.263 e. The summed E-state index contributed by atoms with van der Waals surface area (Å²) in [7, 11) is -5.47. The lowest BCUT2D eigenvalue weighted by atomic mass is 9.84. The maximum atomic E-state index is 12.1. The first-order chi connectivity index (χ1) is 10.8. The average Bonchev–Trinajstić information content (AvgIpc) is 2.52. The highest BCUT2D eigenvalue weighted by molar-refractivity contribution is 7.87. The number of halogens is 3. The maximum Gasteiger partial charge on any atom is 0.523 e. The largest absolute Gasteiger partial charge is 0.523 e. The number of hydrogen-bond acceptors (Lipinski definition) is 3. The normalized spacial score (nSPS) is 17.3. The summed E-state index contributed by atoms with van der Waals surface area (Å²) < 4.78 is 61.7. The van der Waals surface area contributed by atoms with Gasteiger partial charge >= 0.3 is 15.6 Å². The van der Waals surface area contributed by atoms with E-state index in [-0.39, 0.29) is 6.42 Å². The second-order valence-electron chi connectivity index (χ2n) is 5.90. The lowest BCUT2D eigenvalue weighted by Gasteiger charge is -2.22. The van der Waals surface area contributed by atoms with Crippen LogP contribution in [0.3, 0.4) is 0 Å². The van der Waals surface area contributed by atoms with Crippen LogP contribution in [0.15, 0.2) is 24.3 Å². The van der Waals surface area contributed by atoms with Gasteiger partial charge in [0.15, 0.2) is 0 Å². The summed E-state index contributed by atoms with van der Waals surface area (Å²) in [6, 6.07) is 8.06. The standard InChI is InChI=1S/C16H21F3O3S/c17-16(18,19)23(20,21)22-12-4-5-13-8-10-15(11-9-13)14-6-2-1-3-7-14/h8-11,14H,1-7,12H2. The van der Waals surface area contributed by atoms with E-state index in [0.29, 0.717) is 12.3 Å². The van der Waals surface area contributed by atoms with Crippen molar-refractivity contribution in [1.82, 2.24) is 0 Å². The Morgan fingerprint density at radius 1 is 1.04 bits per heavy atom. The van der Waals surface area contributed by atoms with Crippen LogP contribution in [0.5, 0.6) is 0 Å². The molecule has 1 aromatic carbocycles. The molecule has 3 nitrogen and oxygen atoms in total. The minimum atomic E-state index is -5.47. The van der Waals surface area contributed by atoms with Crippen LogP contribution in [-0.2, 0) is 20.7 Å². The fourth-order valence-corrected chi connectivity index (χ4v) is 3.38. The van der Waals surface area contributed by atoms with E-state index in [1.165, 1.54) is 37.7 Å². The Hall–Kier alpha value is -1.08. The van der Waals surface area contributed by atoms with Crippen molar-refractivity contribution in [3.8, 4) is 0 Å². The predicted molar refractivity (Wildman–Crippen MR) is 81.5 cm³/mol. The summed E-state index contributed by atoms with van der Waals surface area (Å²) in [5.41, 5.74) is -3.07. The molecule has 0 aliphatic heterocycles. The molecule has 0 atom stereocenters. The molecule has 0 radical (unpaired) electrons. The van der Waals surface area contributed by atoms with Gasteiger partial charge in [-0.3, -0.25) is 4.18 Å². The Kier molecular flexibility index (Phi) is 6.08. The topological polar surface area (TPSA) is 43.4 Å². The lowest BCUT2D eigenvalue weighted by Crippen LogP contribution is -2.25. The third kappa shape index (κ3) is 5.21. The second kappa shape index (κ2) is 7.66. The Morgan fingerprint density at radius 2 is 1.65 bits per heavy atom. The first-order valence-corrected chi connectivity index (χ1v) is 9.25.